The normalized spacial score (nSPS) is 11.1. The van der Waals surface area contributed by atoms with Crippen LogP contribution in [0, 0.1) is 0 Å². The van der Waals surface area contributed by atoms with Gasteiger partial charge in [0.2, 0.25) is 0 Å². The molecule has 3 rings (SSSR count). The minimum atomic E-state index is 0.128. The number of hydrogen-bond acceptors (Lipinski definition) is 5. The van der Waals surface area contributed by atoms with Gasteiger partial charge in [-0.1, -0.05) is 35.0 Å². The number of ether oxygens (including phenoxy) is 1. The fraction of sp³-hybridized carbons (Fsp3) is 0.300. The highest BCUT2D eigenvalue weighted by molar-refractivity contribution is 6.31. The van der Waals surface area contributed by atoms with Gasteiger partial charge in [0.1, 0.15) is 5.75 Å². The van der Waals surface area contributed by atoms with Crippen LogP contribution >= 0.6 is 11.6 Å². The number of benzene rings is 2. The summed E-state index contributed by atoms with van der Waals surface area (Å²) in [5.41, 5.74) is 9.49. The summed E-state index contributed by atoms with van der Waals surface area (Å²) in [6.07, 6.45) is 1.97. The SMILES string of the molecule is CC(C)Oc1ccc(CNCc2cccc(-n3cc(CN)nn3)c2)c(Cl)c1. The quantitative estimate of drug-likeness (QED) is 0.620. The predicted octanol–water partition coefficient (Wildman–Crippen LogP) is 3.46. The third kappa shape index (κ3) is 5.29. The first-order valence-corrected chi connectivity index (χ1v) is 9.29. The topological polar surface area (TPSA) is 78.0 Å². The molecule has 0 saturated heterocycles. The highest BCUT2D eigenvalue weighted by atomic mass is 35.5. The van der Waals surface area contributed by atoms with Gasteiger partial charge in [-0.25, -0.2) is 4.68 Å². The first-order chi connectivity index (χ1) is 13.0. The number of rotatable bonds is 8. The van der Waals surface area contributed by atoms with Gasteiger partial charge in [-0.15, -0.1) is 5.10 Å². The van der Waals surface area contributed by atoms with Crippen LogP contribution < -0.4 is 15.8 Å². The van der Waals surface area contributed by atoms with Crippen LogP contribution in [-0.2, 0) is 19.6 Å². The number of nitrogens with two attached hydrogens (primary N) is 1. The van der Waals surface area contributed by atoms with E-state index >= 15 is 0 Å². The van der Waals surface area contributed by atoms with E-state index in [1.807, 2.05) is 50.4 Å². The molecule has 1 aromatic heterocycles. The lowest BCUT2D eigenvalue weighted by molar-refractivity contribution is 0.242. The molecule has 0 spiro atoms. The second-order valence-electron chi connectivity index (χ2n) is 6.55. The van der Waals surface area contributed by atoms with Crippen LogP contribution in [0.5, 0.6) is 5.75 Å². The van der Waals surface area contributed by atoms with Gasteiger partial charge in [-0.3, -0.25) is 0 Å². The molecule has 0 aliphatic heterocycles. The zero-order valence-corrected chi connectivity index (χ0v) is 16.3. The molecule has 142 valence electrons. The summed E-state index contributed by atoms with van der Waals surface area (Å²) in [6, 6.07) is 13.9. The van der Waals surface area contributed by atoms with E-state index in [0.717, 1.165) is 28.3 Å². The molecular formula is C20H24ClN5O. The molecule has 3 N–H and O–H groups in total. The van der Waals surface area contributed by atoms with Crippen LogP contribution in [0.3, 0.4) is 0 Å². The van der Waals surface area contributed by atoms with Crippen molar-refractivity contribution in [1.82, 2.24) is 20.3 Å². The Morgan fingerprint density at radius 2 is 2.04 bits per heavy atom. The summed E-state index contributed by atoms with van der Waals surface area (Å²) in [5, 5.41) is 12.3. The van der Waals surface area contributed by atoms with Crippen molar-refractivity contribution in [2.45, 2.75) is 39.6 Å². The minimum Gasteiger partial charge on any atom is -0.491 e. The Labute approximate surface area is 164 Å². The molecule has 7 heteroatoms. The fourth-order valence-electron chi connectivity index (χ4n) is 2.69. The Morgan fingerprint density at radius 1 is 1.19 bits per heavy atom. The van der Waals surface area contributed by atoms with Crippen molar-refractivity contribution in [2.75, 3.05) is 0 Å². The summed E-state index contributed by atoms with van der Waals surface area (Å²) in [6.45, 7) is 5.75. The van der Waals surface area contributed by atoms with E-state index in [-0.39, 0.29) is 6.10 Å². The van der Waals surface area contributed by atoms with Crippen LogP contribution in [0.4, 0.5) is 0 Å². The van der Waals surface area contributed by atoms with Gasteiger partial charge in [0, 0.05) is 24.7 Å². The van der Waals surface area contributed by atoms with Gasteiger partial charge < -0.3 is 15.8 Å². The lowest BCUT2D eigenvalue weighted by Crippen LogP contribution is -2.13. The lowest BCUT2D eigenvalue weighted by Gasteiger charge is -2.12. The van der Waals surface area contributed by atoms with Crippen LogP contribution in [0.2, 0.25) is 5.02 Å². The van der Waals surface area contributed by atoms with Crippen molar-refractivity contribution in [3.63, 3.8) is 0 Å². The molecule has 0 amide bonds. The smallest absolute Gasteiger partial charge is 0.121 e. The highest BCUT2D eigenvalue weighted by Crippen LogP contribution is 2.23. The van der Waals surface area contributed by atoms with E-state index in [9.17, 15) is 0 Å². The molecule has 0 unspecified atom stereocenters. The number of nitrogens with one attached hydrogen (secondary N) is 1. The average Bonchev–Trinajstić information content (AvgIpc) is 3.13. The first-order valence-electron chi connectivity index (χ1n) is 8.91. The molecule has 1 heterocycles. The molecule has 0 atom stereocenters. The van der Waals surface area contributed by atoms with E-state index in [0.29, 0.717) is 24.7 Å². The van der Waals surface area contributed by atoms with Gasteiger partial charge in [0.25, 0.3) is 0 Å². The van der Waals surface area contributed by atoms with E-state index in [1.54, 1.807) is 4.68 Å². The number of hydrogen-bond donors (Lipinski definition) is 2. The highest BCUT2D eigenvalue weighted by Gasteiger charge is 2.06. The molecule has 6 nitrogen and oxygen atoms in total. The summed E-state index contributed by atoms with van der Waals surface area (Å²) >= 11 is 6.37. The molecule has 0 fully saturated rings. The minimum absolute atomic E-state index is 0.128. The Hall–Kier alpha value is -2.41. The van der Waals surface area contributed by atoms with Crippen molar-refractivity contribution in [3.05, 3.63) is 70.5 Å². The van der Waals surface area contributed by atoms with Gasteiger partial charge in [-0.2, -0.15) is 0 Å². The van der Waals surface area contributed by atoms with Gasteiger partial charge in [0.15, 0.2) is 0 Å². The van der Waals surface area contributed by atoms with Crippen molar-refractivity contribution in [1.29, 1.82) is 0 Å². The molecule has 27 heavy (non-hydrogen) atoms. The summed E-state index contributed by atoms with van der Waals surface area (Å²) in [4.78, 5) is 0. The zero-order valence-electron chi connectivity index (χ0n) is 15.5. The predicted molar refractivity (Wildman–Crippen MR) is 107 cm³/mol. The number of nitrogens with zero attached hydrogens (tertiary/aromatic N) is 3. The Balaban J connectivity index is 1.60. The third-order valence-electron chi connectivity index (χ3n) is 3.97. The van der Waals surface area contributed by atoms with Crippen molar-refractivity contribution >= 4 is 11.6 Å². The van der Waals surface area contributed by atoms with Crippen LogP contribution in [0.25, 0.3) is 5.69 Å². The molecule has 0 radical (unpaired) electrons. The maximum atomic E-state index is 6.37. The molecule has 2 aromatic carbocycles. The summed E-state index contributed by atoms with van der Waals surface area (Å²) in [5.74, 6) is 0.788. The van der Waals surface area contributed by atoms with Crippen molar-refractivity contribution in [3.8, 4) is 11.4 Å². The zero-order chi connectivity index (χ0) is 19.2. The number of aromatic nitrogens is 3. The summed E-state index contributed by atoms with van der Waals surface area (Å²) < 4.78 is 7.39. The molecular weight excluding hydrogens is 362 g/mol. The van der Waals surface area contributed by atoms with E-state index in [1.165, 1.54) is 0 Å². The molecule has 3 aromatic rings. The van der Waals surface area contributed by atoms with E-state index in [4.69, 9.17) is 22.1 Å². The average molecular weight is 386 g/mol. The Bertz CT molecular complexity index is 894. The van der Waals surface area contributed by atoms with Crippen LogP contribution in [-0.4, -0.2) is 21.1 Å². The second kappa shape index (κ2) is 8.99. The summed E-state index contributed by atoms with van der Waals surface area (Å²) in [7, 11) is 0. The van der Waals surface area contributed by atoms with Gasteiger partial charge >= 0.3 is 0 Å². The Morgan fingerprint density at radius 3 is 2.74 bits per heavy atom. The largest absolute Gasteiger partial charge is 0.491 e. The second-order valence-corrected chi connectivity index (χ2v) is 6.96. The van der Waals surface area contributed by atoms with Gasteiger partial charge in [-0.05, 0) is 49.2 Å². The monoisotopic (exact) mass is 385 g/mol. The van der Waals surface area contributed by atoms with Crippen LogP contribution in [0.1, 0.15) is 30.7 Å². The maximum Gasteiger partial charge on any atom is 0.121 e. The Kier molecular flexibility index (Phi) is 6.45. The number of halogens is 1. The van der Waals surface area contributed by atoms with Crippen molar-refractivity contribution < 1.29 is 4.74 Å². The lowest BCUT2D eigenvalue weighted by atomic mass is 10.1. The van der Waals surface area contributed by atoms with E-state index in [2.05, 4.69) is 27.8 Å². The van der Waals surface area contributed by atoms with Crippen molar-refractivity contribution in [2.24, 2.45) is 5.73 Å². The van der Waals surface area contributed by atoms with Crippen LogP contribution in [0.15, 0.2) is 48.7 Å². The first kappa shape index (κ1) is 19.4. The standard InChI is InChI=1S/C20H24ClN5O/c1-14(2)27-19-7-6-16(20(21)9-19)12-23-11-15-4-3-5-18(8-15)26-13-17(10-22)24-25-26/h3-9,13-14,23H,10-12,22H2,1-2H3. The molecule has 0 bridgehead atoms. The maximum absolute atomic E-state index is 6.37. The van der Waals surface area contributed by atoms with E-state index < -0.39 is 0 Å². The molecule has 0 saturated carbocycles. The molecule has 0 aliphatic rings. The third-order valence-corrected chi connectivity index (χ3v) is 4.32. The fourth-order valence-corrected chi connectivity index (χ4v) is 2.92. The molecule has 0 aliphatic carbocycles. The van der Waals surface area contributed by atoms with Gasteiger partial charge in [0.05, 0.1) is 23.7 Å².